The van der Waals surface area contributed by atoms with E-state index < -0.39 is 6.04 Å². The number of nitrogens with one attached hydrogen (secondary N) is 1. The number of ether oxygens (including phenoxy) is 1. The van der Waals surface area contributed by atoms with Crippen molar-refractivity contribution >= 4 is 17.7 Å². The van der Waals surface area contributed by atoms with Crippen molar-refractivity contribution in [2.24, 2.45) is 5.73 Å². The summed E-state index contributed by atoms with van der Waals surface area (Å²) in [5.41, 5.74) is 5.76. The normalized spacial score (nSPS) is 13.5. The molecule has 102 valence electrons. The highest BCUT2D eigenvalue weighted by Crippen LogP contribution is 2.29. The molecule has 1 amide bonds. The first kappa shape index (κ1) is 16.7. The lowest BCUT2D eigenvalue weighted by molar-refractivity contribution is -0.122. The Bertz CT molecular complexity index is 212. The van der Waals surface area contributed by atoms with Gasteiger partial charge in [-0.05, 0) is 25.5 Å². The van der Waals surface area contributed by atoms with Gasteiger partial charge in [0.1, 0.15) is 0 Å². The van der Waals surface area contributed by atoms with Crippen molar-refractivity contribution < 1.29 is 9.53 Å². The number of hydrogen-bond acceptors (Lipinski definition) is 4. The van der Waals surface area contributed by atoms with Crippen LogP contribution >= 0.6 is 11.8 Å². The second kappa shape index (κ2) is 8.78. The van der Waals surface area contributed by atoms with Crippen molar-refractivity contribution in [1.82, 2.24) is 5.32 Å². The number of hydrogen-bond donors (Lipinski definition) is 2. The Morgan fingerprint density at radius 3 is 2.47 bits per heavy atom. The van der Waals surface area contributed by atoms with Gasteiger partial charge in [0, 0.05) is 25.0 Å². The number of thioether (sulfide) groups is 1. The molecule has 1 unspecified atom stereocenters. The van der Waals surface area contributed by atoms with Crippen LogP contribution < -0.4 is 11.1 Å². The third-order valence-corrected chi connectivity index (χ3v) is 4.86. The van der Waals surface area contributed by atoms with Gasteiger partial charge >= 0.3 is 0 Å². The molecule has 0 aromatic rings. The molecule has 0 aromatic carbocycles. The molecule has 4 nitrogen and oxygen atoms in total. The molecule has 0 aliphatic rings. The first-order valence-corrected chi connectivity index (χ1v) is 7.35. The van der Waals surface area contributed by atoms with Crippen LogP contribution in [0, 0.1) is 0 Å². The maximum Gasteiger partial charge on any atom is 0.237 e. The zero-order valence-corrected chi connectivity index (χ0v) is 12.2. The molecule has 0 heterocycles. The second-order valence-corrected chi connectivity index (χ2v) is 5.47. The Morgan fingerprint density at radius 1 is 1.47 bits per heavy atom. The summed E-state index contributed by atoms with van der Waals surface area (Å²) in [7, 11) is 1.61. The number of carbonyl (C=O) groups excluding carboxylic acids is 1. The number of rotatable bonds is 9. The minimum atomic E-state index is -0.469. The molecule has 0 fully saturated rings. The molecule has 0 saturated carbocycles. The SMILES string of the molecule is CCC(CC)(CNC(=O)C(N)CCOC)SC. The van der Waals surface area contributed by atoms with Gasteiger partial charge in [0.15, 0.2) is 0 Å². The summed E-state index contributed by atoms with van der Waals surface area (Å²) in [6.45, 7) is 5.50. The van der Waals surface area contributed by atoms with Gasteiger partial charge in [-0.25, -0.2) is 0 Å². The third kappa shape index (κ3) is 5.75. The lowest BCUT2D eigenvalue weighted by atomic mass is 10.0. The minimum Gasteiger partial charge on any atom is -0.385 e. The topological polar surface area (TPSA) is 64.4 Å². The molecule has 0 rings (SSSR count). The van der Waals surface area contributed by atoms with Crippen LogP contribution in [-0.2, 0) is 9.53 Å². The molecular formula is C12H26N2O2S. The predicted octanol–water partition coefficient (Wildman–Crippen LogP) is 1.39. The molecule has 0 aliphatic heterocycles. The lowest BCUT2D eigenvalue weighted by Gasteiger charge is -2.30. The van der Waals surface area contributed by atoms with E-state index >= 15 is 0 Å². The van der Waals surface area contributed by atoms with Crippen LogP contribution in [0.25, 0.3) is 0 Å². The number of carbonyl (C=O) groups is 1. The van der Waals surface area contributed by atoms with Gasteiger partial charge in [0.2, 0.25) is 5.91 Å². The van der Waals surface area contributed by atoms with Crippen molar-refractivity contribution in [2.45, 2.75) is 43.9 Å². The Labute approximate surface area is 109 Å². The summed E-state index contributed by atoms with van der Waals surface area (Å²) in [6.07, 6.45) is 4.73. The zero-order chi connectivity index (χ0) is 13.3. The van der Waals surface area contributed by atoms with Crippen LogP contribution in [0.4, 0.5) is 0 Å². The molecule has 5 heteroatoms. The van der Waals surface area contributed by atoms with E-state index in [1.807, 2.05) is 11.8 Å². The maximum absolute atomic E-state index is 11.7. The van der Waals surface area contributed by atoms with Crippen molar-refractivity contribution in [1.29, 1.82) is 0 Å². The van der Waals surface area contributed by atoms with E-state index in [1.165, 1.54) is 0 Å². The zero-order valence-electron chi connectivity index (χ0n) is 11.4. The summed E-state index contributed by atoms with van der Waals surface area (Å²) in [4.78, 5) is 11.7. The smallest absolute Gasteiger partial charge is 0.237 e. The van der Waals surface area contributed by atoms with E-state index in [-0.39, 0.29) is 10.7 Å². The van der Waals surface area contributed by atoms with E-state index in [1.54, 1.807) is 7.11 Å². The number of nitrogens with two attached hydrogens (primary N) is 1. The largest absolute Gasteiger partial charge is 0.385 e. The highest BCUT2D eigenvalue weighted by atomic mass is 32.2. The molecular weight excluding hydrogens is 236 g/mol. The highest BCUT2D eigenvalue weighted by molar-refractivity contribution is 8.00. The third-order valence-electron chi connectivity index (χ3n) is 3.28. The molecule has 3 N–H and O–H groups in total. The van der Waals surface area contributed by atoms with Gasteiger partial charge in [-0.3, -0.25) is 4.79 Å². The molecule has 0 aliphatic carbocycles. The highest BCUT2D eigenvalue weighted by Gasteiger charge is 2.26. The Kier molecular flexibility index (Phi) is 8.64. The lowest BCUT2D eigenvalue weighted by Crippen LogP contribution is -2.46. The van der Waals surface area contributed by atoms with Gasteiger partial charge in [0.05, 0.1) is 6.04 Å². The molecule has 0 spiro atoms. The molecule has 0 bridgehead atoms. The maximum atomic E-state index is 11.7. The van der Waals surface area contributed by atoms with Crippen LogP contribution in [0.15, 0.2) is 0 Å². The fraction of sp³-hybridized carbons (Fsp3) is 0.917. The Balaban J connectivity index is 4.12. The number of amides is 1. The Morgan fingerprint density at radius 2 is 2.06 bits per heavy atom. The van der Waals surface area contributed by atoms with E-state index in [0.717, 1.165) is 12.8 Å². The summed E-state index contributed by atoms with van der Waals surface area (Å²) in [5, 5.41) is 2.94. The molecule has 0 radical (unpaired) electrons. The van der Waals surface area contributed by atoms with Crippen molar-refractivity contribution in [3.05, 3.63) is 0 Å². The molecule has 0 saturated heterocycles. The number of methoxy groups -OCH3 is 1. The van der Waals surface area contributed by atoms with E-state index in [9.17, 15) is 4.79 Å². The van der Waals surface area contributed by atoms with Gasteiger partial charge in [-0.2, -0.15) is 11.8 Å². The second-order valence-electron chi connectivity index (χ2n) is 4.20. The van der Waals surface area contributed by atoms with Gasteiger partial charge < -0.3 is 15.8 Å². The fourth-order valence-electron chi connectivity index (χ4n) is 1.62. The first-order valence-electron chi connectivity index (χ1n) is 6.12. The van der Waals surface area contributed by atoms with Crippen LogP contribution in [0.5, 0.6) is 0 Å². The molecule has 0 aromatic heterocycles. The van der Waals surface area contributed by atoms with Gasteiger partial charge in [-0.15, -0.1) is 0 Å². The van der Waals surface area contributed by atoms with E-state index in [2.05, 4.69) is 25.4 Å². The first-order chi connectivity index (χ1) is 8.05. The van der Waals surface area contributed by atoms with Crippen LogP contribution in [-0.4, -0.2) is 43.2 Å². The van der Waals surface area contributed by atoms with Crippen LogP contribution in [0.1, 0.15) is 33.1 Å². The van der Waals surface area contributed by atoms with Gasteiger partial charge in [-0.1, -0.05) is 13.8 Å². The predicted molar refractivity (Wildman–Crippen MR) is 74.3 cm³/mol. The summed E-state index contributed by atoms with van der Waals surface area (Å²) in [5.74, 6) is -0.0811. The van der Waals surface area contributed by atoms with Crippen LogP contribution in [0.3, 0.4) is 0 Å². The van der Waals surface area contributed by atoms with Crippen LogP contribution in [0.2, 0.25) is 0 Å². The van der Waals surface area contributed by atoms with E-state index in [4.69, 9.17) is 10.5 Å². The van der Waals surface area contributed by atoms with Crippen molar-refractivity contribution in [3.8, 4) is 0 Å². The Hall–Kier alpha value is -0.260. The molecule has 17 heavy (non-hydrogen) atoms. The van der Waals surface area contributed by atoms with E-state index in [0.29, 0.717) is 19.6 Å². The summed E-state index contributed by atoms with van der Waals surface area (Å²) >= 11 is 1.81. The quantitative estimate of drug-likeness (QED) is 0.659. The average molecular weight is 262 g/mol. The fourth-order valence-corrected chi connectivity index (χ4v) is 2.41. The minimum absolute atomic E-state index is 0.0811. The van der Waals surface area contributed by atoms with Crippen molar-refractivity contribution in [3.63, 3.8) is 0 Å². The molecule has 1 atom stereocenters. The summed E-state index contributed by atoms with van der Waals surface area (Å²) in [6, 6.07) is -0.469. The summed E-state index contributed by atoms with van der Waals surface area (Å²) < 4.78 is 5.04. The van der Waals surface area contributed by atoms with Crippen molar-refractivity contribution in [2.75, 3.05) is 26.5 Å². The average Bonchev–Trinajstić information content (AvgIpc) is 2.37. The van der Waals surface area contributed by atoms with Gasteiger partial charge in [0.25, 0.3) is 0 Å². The standard InChI is InChI=1S/C12H26N2O2S/c1-5-12(6-2,17-4)9-14-11(15)10(13)7-8-16-3/h10H,5-9,13H2,1-4H3,(H,14,15). The monoisotopic (exact) mass is 262 g/mol.